The second kappa shape index (κ2) is 4.59. The first-order valence-corrected chi connectivity index (χ1v) is 4.28. The molecule has 1 rings (SSSR count). The number of pyridine rings is 1. The van der Waals surface area contributed by atoms with E-state index in [4.69, 9.17) is 4.74 Å². The third-order valence-electron chi connectivity index (χ3n) is 1.71. The second-order valence-corrected chi connectivity index (χ2v) is 2.81. The molecule has 1 aromatic rings. The van der Waals surface area contributed by atoms with Gasteiger partial charge in [-0.05, 0) is 0 Å². The van der Waals surface area contributed by atoms with Gasteiger partial charge in [-0.3, -0.25) is 4.79 Å². The summed E-state index contributed by atoms with van der Waals surface area (Å²) in [5.41, 5.74) is -0.00153. The van der Waals surface area contributed by atoms with Crippen LogP contribution in [0.25, 0.3) is 0 Å². The van der Waals surface area contributed by atoms with Crippen LogP contribution in [0, 0.1) is 5.95 Å². The lowest BCUT2D eigenvalue weighted by atomic mass is 10.3. The number of hydrogen-bond donors (Lipinski definition) is 2. The predicted octanol–water partition coefficient (Wildman–Crippen LogP) is 1.23. The third-order valence-corrected chi connectivity index (χ3v) is 1.71. The second-order valence-electron chi connectivity index (χ2n) is 2.81. The Bertz CT molecular complexity index is 382. The minimum Gasteiger partial charge on any atom is -0.493 e. The van der Waals surface area contributed by atoms with E-state index in [1.165, 1.54) is 20.1 Å². The first-order chi connectivity index (χ1) is 7.08. The molecule has 15 heavy (non-hydrogen) atoms. The lowest BCUT2D eigenvalue weighted by molar-refractivity contribution is -0.114. The molecule has 0 radical (unpaired) electrons. The monoisotopic (exact) mass is 213 g/mol. The minimum absolute atomic E-state index is 0.00153. The van der Waals surface area contributed by atoms with Crippen LogP contribution in [-0.2, 0) is 4.79 Å². The fourth-order valence-corrected chi connectivity index (χ4v) is 1.08. The number of amides is 1. The number of rotatable bonds is 3. The molecule has 0 spiro atoms. The van der Waals surface area contributed by atoms with Gasteiger partial charge in [0.1, 0.15) is 5.69 Å². The maximum atomic E-state index is 13.3. The van der Waals surface area contributed by atoms with Crippen molar-refractivity contribution < 1.29 is 13.9 Å². The van der Waals surface area contributed by atoms with Crippen LogP contribution in [0.3, 0.4) is 0 Å². The molecule has 1 aromatic heterocycles. The van der Waals surface area contributed by atoms with Gasteiger partial charge in [0, 0.05) is 20.0 Å². The quantitative estimate of drug-likeness (QED) is 0.741. The Morgan fingerprint density at radius 3 is 2.73 bits per heavy atom. The highest BCUT2D eigenvalue weighted by molar-refractivity contribution is 5.89. The molecule has 0 atom stereocenters. The number of carbonyl (C=O) groups is 1. The standard InChI is InChI=1S/C9H12FN3O2/c1-5(14)12-6-4-7(15-3)9(11-2)13-8(6)10/h4H,1-3H3,(H,11,13)(H,12,14). The van der Waals surface area contributed by atoms with Gasteiger partial charge in [0.15, 0.2) is 11.6 Å². The van der Waals surface area contributed by atoms with Gasteiger partial charge in [-0.2, -0.15) is 9.37 Å². The van der Waals surface area contributed by atoms with Crippen LogP contribution in [0.4, 0.5) is 15.9 Å². The molecule has 0 saturated carbocycles. The molecule has 82 valence electrons. The van der Waals surface area contributed by atoms with Gasteiger partial charge in [0.05, 0.1) is 7.11 Å². The zero-order valence-corrected chi connectivity index (χ0v) is 8.72. The highest BCUT2D eigenvalue weighted by atomic mass is 19.1. The molecule has 5 nitrogen and oxygen atoms in total. The van der Waals surface area contributed by atoms with Crippen molar-refractivity contribution in [2.24, 2.45) is 0 Å². The van der Waals surface area contributed by atoms with E-state index in [2.05, 4.69) is 15.6 Å². The van der Waals surface area contributed by atoms with Crippen molar-refractivity contribution in [3.05, 3.63) is 12.0 Å². The molecule has 6 heteroatoms. The summed E-state index contributed by atoms with van der Waals surface area (Å²) < 4.78 is 18.3. The molecule has 1 heterocycles. The van der Waals surface area contributed by atoms with E-state index in [1.807, 2.05) is 0 Å². The highest BCUT2D eigenvalue weighted by Gasteiger charge is 2.11. The van der Waals surface area contributed by atoms with E-state index in [1.54, 1.807) is 7.05 Å². The van der Waals surface area contributed by atoms with Gasteiger partial charge in [0.25, 0.3) is 0 Å². The Balaban J connectivity index is 3.13. The van der Waals surface area contributed by atoms with Crippen molar-refractivity contribution in [1.82, 2.24) is 4.98 Å². The zero-order chi connectivity index (χ0) is 11.4. The number of nitrogens with zero attached hydrogens (tertiary/aromatic N) is 1. The summed E-state index contributed by atoms with van der Waals surface area (Å²) in [6.45, 7) is 1.29. The molecule has 0 unspecified atom stereocenters. The van der Waals surface area contributed by atoms with Crippen LogP contribution in [-0.4, -0.2) is 25.0 Å². The maximum Gasteiger partial charge on any atom is 0.238 e. The molecule has 0 aliphatic rings. The van der Waals surface area contributed by atoms with Crippen LogP contribution < -0.4 is 15.4 Å². The highest BCUT2D eigenvalue weighted by Crippen LogP contribution is 2.26. The predicted molar refractivity (Wildman–Crippen MR) is 54.6 cm³/mol. The Morgan fingerprint density at radius 2 is 2.27 bits per heavy atom. The molecule has 0 aliphatic carbocycles. The van der Waals surface area contributed by atoms with E-state index in [9.17, 15) is 9.18 Å². The van der Waals surface area contributed by atoms with Crippen molar-refractivity contribution in [2.75, 3.05) is 24.8 Å². The Morgan fingerprint density at radius 1 is 1.60 bits per heavy atom. The van der Waals surface area contributed by atoms with Crippen molar-refractivity contribution in [1.29, 1.82) is 0 Å². The van der Waals surface area contributed by atoms with Crippen LogP contribution in [0.5, 0.6) is 5.75 Å². The Kier molecular flexibility index (Phi) is 3.43. The summed E-state index contributed by atoms with van der Waals surface area (Å²) in [6, 6.07) is 1.37. The molecule has 2 N–H and O–H groups in total. The summed E-state index contributed by atoms with van der Waals surface area (Å²) >= 11 is 0. The number of nitrogens with one attached hydrogen (secondary N) is 2. The molecule has 0 bridgehead atoms. The topological polar surface area (TPSA) is 63.2 Å². The first kappa shape index (κ1) is 11.2. The van der Waals surface area contributed by atoms with Crippen LogP contribution >= 0.6 is 0 Å². The molecule has 1 amide bonds. The summed E-state index contributed by atoms with van der Waals surface area (Å²) in [5.74, 6) is -0.475. The van der Waals surface area contributed by atoms with Gasteiger partial charge in [-0.15, -0.1) is 0 Å². The minimum atomic E-state index is -0.754. The number of anilines is 2. The van der Waals surface area contributed by atoms with E-state index in [0.29, 0.717) is 5.75 Å². The number of aromatic nitrogens is 1. The summed E-state index contributed by atoms with van der Waals surface area (Å²) in [5, 5.41) is 4.99. The van der Waals surface area contributed by atoms with Crippen molar-refractivity contribution in [3.63, 3.8) is 0 Å². The van der Waals surface area contributed by atoms with E-state index in [0.717, 1.165) is 0 Å². The van der Waals surface area contributed by atoms with Crippen molar-refractivity contribution >= 4 is 17.4 Å². The van der Waals surface area contributed by atoms with E-state index >= 15 is 0 Å². The summed E-state index contributed by atoms with van der Waals surface area (Å²) in [7, 11) is 3.04. The van der Waals surface area contributed by atoms with Gasteiger partial charge < -0.3 is 15.4 Å². The average molecular weight is 213 g/mol. The van der Waals surface area contributed by atoms with Gasteiger partial charge in [-0.25, -0.2) is 0 Å². The summed E-state index contributed by atoms with van der Waals surface area (Å²) in [6.07, 6.45) is 0. The number of ether oxygens (including phenoxy) is 1. The number of methoxy groups -OCH3 is 1. The number of hydrogen-bond acceptors (Lipinski definition) is 4. The van der Waals surface area contributed by atoms with Crippen LogP contribution in [0.1, 0.15) is 6.92 Å². The number of carbonyl (C=O) groups excluding carboxylic acids is 1. The van der Waals surface area contributed by atoms with Crippen LogP contribution in [0.15, 0.2) is 6.07 Å². The molecule has 0 saturated heterocycles. The normalized spacial score (nSPS) is 9.60. The van der Waals surface area contributed by atoms with Crippen LogP contribution in [0.2, 0.25) is 0 Å². The number of halogens is 1. The third kappa shape index (κ3) is 2.55. The van der Waals surface area contributed by atoms with Gasteiger partial charge in [0.2, 0.25) is 11.9 Å². The van der Waals surface area contributed by atoms with E-state index in [-0.39, 0.29) is 17.4 Å². The smallest absolute Gasteiger partial charge is 0.238 e. The largest absolute Gasteiger partial charge is 0.493 e. The molecule has 0 aliphatic heterocycles. The molecular formula is C9H12FN3O2. The SMILES string of the molecule is CNc1nc(F)c(NC(C)=O)cc1OC. The fourth-order valence-electron chi connectivity index (χ4n) is 1.08. The molecule has 0 fully saturated rings. The lowest BCUT2D eigenvalue weighted by Gasteiger charge is -2.10. The van der Waals surface area contributed by atoms with Gasteiger partial charge >= 0.3 is 0 Å². The van der Waals surface area contributed by atoms with Crippen molar-refractivity contribution in [2.45, 2.75) is 6.92 Å². The first-order valence-electron chi connectivity index (χ1n) is 4.28. The zero-order valence-electron chi connectivity index (χ0n) is 8.72. The maximum absolute atomic E-state index is 13.3. The van der Waals surface area contributed by atoms with Crippen molar-refractivity contribution in [3.8, 4) is 5.75 Å². The van der Waals surface area contributed by atoms with Gasteiger partial charge in [-0.1, -0.05) is 0 Å². The Hall–Kier alpha value is -1.85. The summed E-state index contributed by atoms with van der Waals surface area (Å²) in [4.78, 5) is 14.4. The average Bonchev–Trinajstić information content (AvgIpc) is 2.19. The lowest BCUT2D eigenvalue weighted by Crippen LogP contribution is -2.10. The molecule has 0 aromatic carbocycles. The Labute approximate surface area is 86.7 Å². The fraction of sp³-hybridized carbons (Fsp3) is 0.333. The molecular weight excluding hydrogens is 201 g/mol. The van der Waals surface area contributed by atoms with E-state index < -0.39 is 5.95 Å².